The molecule has 0 aliphatic heterocycles. The van der Waals surface area contributed by atoms with Gasteiger partial charge in [0, 0.05) is 30.9 Å². The highest BCUT2D eigenvalue weighted by atomic mass is 16.5. The average molecular weight is 338 g/mol. The fourth-order valence-corrected chi connectivity index (χ4v) is 2.70. The Labute approximate surface area is 147 Å². The van der Waals surface area contributed by atoms with Crippen molar-refractivity contribution in [1.29, 1.82) is 0 Å². The molecule has 1 heterocycles. The fraction of sp³-hybridized carbons (Fsp3) is 0.250. The lowest BCUT2D eigenvalue weighted by molar-refractivity contribution is -0.123. The predicted octanol–water partition coefficient (Wildman–Crippen LogP) is 3.24. The SMILES string of the molecule is COc1cccc(OCC(=O)NCCCn2ccc3ccccc32)c1. The third kappa shape index (κ3) is 4.53. The van der Waals surface area contributed by atoms with Crippen LogP contribution in [0.3, 0.4) is 0 Å². The van der Waals surface area contributed by atoms with Crippen molar-refractivity contribution in [3.63, 3.8) is 0 Å². The summed E-state index contributed by atoms with van der Waals surface area (Å²) in [6, 6.07) is 17.6. The van der Waals surface area contributed by atoms with Crippen LogP contribution in [0.5, 0.6) is 11.5 Å². The first-order chi connectivity index (χ1) is 12.3. The number of methoxy groups -OCH3 is 1. The lowest BCUT2D eigenvalue weighted by atomic mass is 10.2. The van der Waals surface area contributed by atoms with E-state index in [1.165, 1.54) is 10.9 Å². The van der Waals surface area contributed by atoms with Crippen LogP contribution < -0.4 is 14.8 Å². The number of para-hydroxylation sites is 1. The molecule has 0 atom stereocenters. The Bertz CT molecular complexity index is 842. The van der Waals surface area contributed by atoms with Crippen molar-refractivity contribution in [2.24, 2.45) is 0 Å². The van der Waals surface area contributed by atoms with Crippen LogP contribution in [0.4, 0.5) is 0 Å². The van der Waals surface area contributed by atoms with E-state index in [2.05, 4.69) is 34.3 Å². The summed E-state index contributed by atoms with van der Waals surface area (Å²) in [6.07, 6.45) is 2.95. The molecular weight excluding hydrogens is 316 g/mol. The van der Waals surface area contributed by atoms with Crippen LogP contribution in [0.2, 0.25) is 0 Å². The van der Waals surface area contributed by atoms with Gasteiger partial charge in [-0.1, -0.05) is 24.3 Å². The normalized spacial score (nSPS) is 10.6. The van der Waals surface area contributed by atoms with Crippen LogP contribution in [0.25, 0.3) is 10.9 Å². The molecule has 5 heteroatoms. The Balaban J connectivity index is 1.39. The van der Waals surface area contributed by atoms with Gasteiger partial charge in [-0.15, -0.1) is 0 Å². The molecular formula is C20H22N2O3. The zero-order chi connectivity index (χ0) is 17.5. The highest BCUT2D eigenvalue weighted by molar-refractivity contribution is 5.80. The summed E-state index contributed by atoms with van der Waals surface area (Å²) in [5, 5.41) is 4.12. The minimum absolute atomic E-state index is 0.000379. The lowest BCUT2D eigenvalue weighted by Crippen LogP contribution is -2.30. The number of hydrogen-bond acceptors (Lipinski definition) is 3. The molecule has 0 spiro atoms. The number of nitrogens with one attached hydrogen (secondary N) is 1. The maximum Gasteiger partial charge on any atom is 0.257 e. The Hall–Kier alpha value is -2.95. The molecule has 0 fully saturated rings. The fourth-order valence-electron chi connectivity index (χ4n) is 2.70. The molecule has 0 aliphatic carbocycles. The molecule has 25 heavy (non-hydrogen) atoms. The van der Waals surface area contributed by atoms with Crippen LogP contribution in [0.15, 0.2) is 60.8 Å². The van der Waals surface area contributed by atoms with Gasteiger partial charge in [0.1, 0.15) is 11.5 Å². The first-order valence-corrected chi connectivity index (χ1v) is 8.34. The van der Waals surface area contributed by atoms with E-state index in [1.54, 1.807) is 19.2 Å². The van der Waals surface area contributed by atoms with Gasteiger partial charge < -0.3 is 19.4 Å². The number of carbonyl (C=O) groups excluding carboxylic acids is 1. The van der Waals surface area contributed by atoms with Gasteiger partial charge in [-0.25, -0.2) is 0 Å². The lowest BCUT2D eigenvalue weighted by Gasteiger charge is -2.09. The van der Waals surface area contributed by atoms with Crippen molar-refractivity contribution < 1.29 is 14.3 Å². The standard InChI is InChI=1S/C20H22N2O3/c1-24-17-7-4-8-18(14-17)25-15-20(23)21-11-5-12-22-13-10-16-6-2-3-9-19(16)22/h2-4,6-10,13-14H,5,11-12,15H2,1H3,(H,21,23). The van der Waals surface area contributed by atoms with E-state index in [1.807, 2.05) is 24.3 Å². The second-order valence-electron chi connectivity index (χ2n) is 5.74. The summed E-state index contributed by atoms with van der Waals surface area (Å²) in [4.78, 5) is 11.9. The molecule has 0 aliphatic rings. The Kier molecular flexibility index (Phi) is 5.57. The largest absolute Gasteiger partial charge is 0.497 e. The number of fused-ring (bicyclic) bond motifs is 1. The summed E-state index contributed by atoms with van der Waals surface area (Å²) in [5.74, 6) is 1.20. The van der Waals surface area contributed by atoms with Crippen LogP contribution in [0, 0.1) is 0 Å². The summed E-state index contributed by atoms with van der Waals surface area (Å²) in [5.41, 5.74) is 1.22. The highest BCUT2D eigenvalue weighted by Crippen LogP contribution is 2.18. The number of benzene rings is 2. The van der Waals surface area contributed by atoms with Crippen LogP contribution in [-0.4, -0.2) is 30.7 Å². The molecule has 5 nitrogen and oxygen atoms in total. The number of nitrogens with zero attached hydrogens (tertiary/aromatic N) is 1. The van der Waals surface area contributed by atoms with Crippen molar-refractivity contribution >= 4 is 16.8 Å². The molecule has 0 unspecified atom stereocenters. The quantitative estimate of drug-likeness (QED) is 0.642. The number of hydrogen-bond donors (Lipinski definition) is 1. The number of amides is 1. The van der Waals surface area contributed by atoms with Gasteiger partial charge >= 0.3 is 0 Å². The second-order valence-corrected chi connectivity index (χ2v) is 5.74. The van der Waals surface area contributed by atoms with Gasteiger partial charge in [0.25, 0.3) is 5.91 Å². The number of carbonyl (C=O) groups is 1. The van der Waals surface area contributed by atoms with Gasteiger partial charge in [-0.3, -0.25) is 4.79 Å². The van der Waals surface area contributed by atoms with Crippen molar-refractivity contribution in [2.75, 3.05) is 20.3 Å². The zero-order valence-electron chi connectivity index (χ0n) is 14.3. The highest BCUT2D eigenvalue weighted by Gasteiger charge is 2.04. The molecule has 3 rings (SSSR count). The van der Waals surface area contributed by atoms with E-state index in [0.29, 0.717) is 18.0 Å². The molecule has 2 aromatic carbocycles. The summed E-state index contributed by atoms with van der Waals surface area (Å²) >= 11 is 0. The number of aryl methyl sites for hydroxylation is 1. The number of rotatable bonds is 8. The van der Waals surface area contributed by atoms with E-state index < -0.39 is 0 Å². The maximum atomic E-state index is 11.9. The first-order valence-electron chi connectivity index (χ1n) is 8.34. The van der Waals surface area contributed by atoms with Crippen molar-refractivity contribution in [3.05, 3.63) is 60.8 Å². The Morgan fingerprint density at radius 3 is 2.80 bits per heavy atom. The topological polar surface area (TPSA) is 52.5 Å². The van der Waals surface area contributed by atoms with Crippen LogP contribution in [0.1, 0.15) is 6.42 Å². The number of aromatic nitrogens is 1. The molecule has 0 radical (unpaired) electrons. The minimum atomic E-state index is -0.125. The van der Waals surface area contributed by atoms with Crippen LogP contribution >= 0.6 is 0 Å². The van der Waals surface area contributed by atoms with E-state index in [0.717, 1.165) is 13.0 Å². The molecule has 3 aromatic rings. The molecule has 0 saturated heterocycles. The smallest absolute Gasteiger partial charge is 0.257 e. The van der Waals surface area contributed by atoms with Gasteiger partial charge in [0.15, 0.2) is 6.61 Å². The monoisotopic (exact) mass is 338 g/mol. The summed E-state index contributed by atoms with van der Waals surface area (Å²) in [7, 11) is 1.60. The van der Waals surface area contributed by atoms with E-state index in [4.69, 9.17) is 9.47 Å². The van der Waals surface area contributed by atoms with Crippen molar-refractivity contribution in [2.45, 2.75) is 13.0 Å². The van der Waals surface area contributed by atoms with E-state index in [9.17, 15) is 4.79 Å². The van der Waals surface area contributed by atoms with Crippen molar-refractivity contribution in [3.8, 4) is 11.5 Å². The van der Waals surface area contributed by atoms with Gasteiger partial charge in [-0.05, 0) is 36.1 Å². The Morgan fingerprint density at radius 1 is 1.08 bits per heavy atom. The van der Waals surface area contributed by atoms with Crippen molar-refractivity contribution in [1.82, 2.24) is 9.88 Å². The summed E-state index contributed by atoms with van der Waals surface area (Å²) in [6.45, 7) is 1.48. The second kappa shape index (κ2) is 8.24. The molecule has 0 bridgehead atoms. The third-order valence-corrected chi connectivity index (χ3v) is 3.99. The zero-order valence-corrected chi connectivity index (χ0v) is 14.3. The molecule has 1 aromatic heterocycles. The third-order valence-electron chi connectivity index (χ3n) is 3.99. The number of ether oxygens (including phenoxy) is 2. The van der Waals surface area contributed by atoms with Crippen LogP contribution in [-0.2, 0) is 11.3 Å². The first kappa shape index (κ1) is 16.9. The maximum absolute atomic E-state index is 11.9. The predicted molar refractivity (Wildman–Crippen MR) is 98.1 cm³/mol. The minimum Gasteiger partial charge on any atom is -0.497 e. The van der Waals surface area contributed by atoms with Gasteiger partial charge in [0.2, 0.25) is 0 Å². The molecule has 130 valence electrons. The average Bonchev–Trinajstić information content (AvgIpc) is 3.07. The molecule has 1 N–H and O–H groups in total. The molecule has 1 amide bonds. The van der Waals surface area contributed by atoms with Gasteiger partial charge in [0.05, 0.1) is 7.11 Å². The Morgan fingerprint density at radius 2 is 1.92 bits per heavy atom. The van der Waals surface area contributed by atoms with Gasteiger partial charge in [-0.2, -0.15) is 0 Å². The van der Waals surface area contributed by atoms with E-state index >= 15 is 0 Å². The summed E-state index contributed by atoms with van der Waals surface area (Å²) < 4.78 is 12.8. The van der Waals surface area contributed by atoms with E-state index in [-0.39, 0.29) is 12.5 Å². The molecule has 0 saturated carbocycles.